The highest BCUT2D eigenvalue weighted by atomic mass is 19.4. The molecule has 0 radical (unpaired) electrons. The van der Waals surface area contributed by atoms with Gasteiger partial charge in [-0.3, -0.25) is 0 Å². The van der Waals surface area contributed by atoms with Gasteiger partial charge in [-0.1, -0.05) is 43.3 Å². The Bertz CT molecular complexity index is 906. The Kier molecular flexibility index (Phi) is 3.15. The average Bonchev–Trinajstić information content (AvgIpc) is 2.52. The molecule has 0 fully saturated rings. The second-order valence-electron chi connectivity index (χ2n) is 6.49. The smallest absolute Gasteiger partial charge is 0.166 e. The van der Waals surface area contributed by atoms with Crippen molar-refractivity contribution in [3.05, 3.63) is 59.2 Å². The minimum atomic E-state index is -4.32. The molecule has 4 rings (SSSR count). The minimum Gasteiger partial charge on any atom is -0.166 e. The van der Waals surface area contributed by atoms with Crippen molar-refractivity contribution < 1.29 is 13.2 Å². The molecule has 0 saturated carbocycles. The topological polar surface area (TPSA) is 0 Å². The number of benzene rings is 3. The van der Waals surface area contributed by atoms with Crippen LogP contribution in [0.15, 0.2) is 42.5 Å². The van der Waals surface area contributed by atoms with Gasteiger partial charge in [0.05, 0.1) is 5.56 Å². The quantitative estimate of drug-likeness (QED) is 0.418. The van der Waals surface area contributed by atoms with E-state index in [1.54, 1.807) is 12.1 Å². The summed E-state index contributed by atoms with van der Waals surface area (Å²) in [4.78, 5) is 0. The van der Waals surface area contributed by atoms with Crippen molar-refractivity contribution in [3.63, 3.8) is 0 Å². The number of halogens is 3. The molecule has 1 aliphatic carbocycles. The second kappa shape index (κ2) is 4.98. The van der Waals surface area contributed by atoms with Crippen LogP contribution in [0.3, 0.4) is 0 Å². The molecule has 1 unspecified atom stereocenters. The summed E-state index contributed by atoms with van der Waals surface area (Å²) >= 11 is 0. The molecule has 3 aromatic rings. The van der Waals surface area contributed by atoms with E-state index < -0.39 is 11.7 Å². The number of alkyl halides is 3. The van der Waals surface area contributed by atoms with Gasteiger partial charge in [-0.15, -0.1) is 0 Å². The van der Waals surface area contributed by atoms with Gasteiger partial charge in [0.25, 0.3) is 0 Å². The lowest BCUT2D eigenvalue weighted by Gasteiger charge is -2.25. The average molecular weight is 314 g/mol. The van der Waals surface area contributed by atoms with Crippen molar-refractivity contribution in [3.8, 4) is 0 Å². The maximum Gasteiger partial charge on any atom is 0.417 e. The molecule has 0 N–H and O–H groups in total. The van der Waals surface area contributed by atoms with E-state index >= 15 is 0 Å². The van der Waals surface area contributed by atoms with Crippen LogP contribution < -0.4 is 0 Å². The molecule has 23 heavy (non-hydrogen) atoms. The van der Waals surface area contributed by atoms with Crippen molar-refractivity contribution in [1.29, 1.82) is 0 Å². The molecule has 0 saturated heterocycles. The highest BCUT2D eigenvalue weighted by Crippen LogP contribution is 2.41. The Morgan fingerprint density at radius 1 is 0.870 bits per heavy atom. The van der Waals surface area contributed by atoms with Gasteiger partial charge in [0, 0.05) is 0 Å². The zero-order chi connectivity index (χ0) is 16.2. The molecule has 3 aromatic carbocycles. The number of hydrogen-bond donors (Lipinski definition) is 0. The van der Waals surface area contributed by atoms with E-state index in [9.17, 15) is 13.2 Å². The summed E-state index contributed by atoms with van der Waals surface area (Å²) in [6.45, 7) is 2.22. The Morgan fingerprint density at radius 2 is 1.57 bits per heavy atom. The van der Waals surface area contributed by atoms with Crippen molar-refractivity contribution >= 4 is 21.5 Å². The lowest BCUT2D eigenvalue weighted by molar-refractivity contribution is -0.136. The molecule has 0 heterocycles. The summed E-state index contributed by atoms with van der Waals surface area (Å²) in [6.07, 6.45) is -0.927. The summed E-state index contributed by atoms with van der Waals surface area (Å²) in [7, 11) is 0. The van der Waals surface area contributed by atoms with E-state index in [1.165, 1.54) is 23.6 Å². The molecule has 3 heteroatoms. The molecule has 1 aliphatic rings. The first kappa shape index (κ1) is 14.6. The van der Waals surface area contributed by atoms with E-state index in [1.807, 2.05) is 12.1 Å². The van der Waals surface area contributed by atoms with Gasteiger partial charge in [-0.2, -0.15) is 13.2 Å². The van der Waals surface area contributed by atoms with E-state index in [2.05, 4.69) is 13.0 Å². The van der Waals surface area contributed by atoms with Crippen LogP contribution in [0.25, 0.3) is 21.5 Å². The van der Waals surface area contributed by atoms with Crippen LogP contribution in [-0.4, -0.2) is 0 Å². The lowest BCUT2D eigenvalue weighted by Crippen LogP contribution is -2.08. The van der Waals surface area contributed by atoms with Crippen molar-refractivity contribution in [1.82, 2.24) is 0 Å². The van der Waals surface area contributed by atoms with Crippen LogP contribution in [0.4, 0.5) is 13.2 Å². The molecule has 0 amide bonds. The molecule has 1 atom stereocenters. The van der Waals surface area contributed by atoms with E-state index in [0.29, 0.717) is 11.3 Å². The Labute approximate surface area is 132 Å². The van der Waals surface area contributed by atoms with Gasteiger partial charge in [0.15, 0.2) is 0 Å². The molecule has 0 aliphatic heterocycles. The van der Waals surface area contributed by atoms with Crippen LogP contribution >= 0.6 is 0 Å². The Morgan fingerprint density at radius 3 is 2.35 bits per heavy atom. The fourth-order valence-electron chi connectivity index (χ4n) is 4.03. The van der Waals surface area contributed by atoms with Crippen LogP contribution in [0.5, 0.6) is 0 Å². The number of fused-ring (bicyclic) bond motifs is 5. The van der Waals surface area contributed by atoms with Gasteiger partial charge < -0.3 is 0 Å². The zero-order valence-corrected chi connectivity index (χ0v) is 12.9. The van der Waals surface area contributed by atoms with Crippen LogP contribution in [0.1, 0.15) is 42.4 Å². The summed E-state index contributed by atoms with van der Waals surface area (Å²) in [5, 5.41) is 3.02. The predicted molar refractivity (Wildman–Crippen MR) is 87.8 cm³/mol. The highest BCUT2D eigenvalue weighted by molar-refractivity contribution is 6.10. The maximum atomic E-state index is 13.3. The fraction of sp³-hybridized carbons (Fsp3) is 0.300. The highest BCUT2D eigenvalue weighted by Gasteiger charge is 2.32. The fourth-order valence-corrected chi connectivity index (χ4v) is 4.03. The summed E-state index contributed by atoms with van der Waals surface area (Å²) in [6, 6.07) is 12.1. The largest absolute Gasteiger partial charge is 0.417 e. The number of hydrogen-bond acceptors (Lipinski definition) is 0. The first-order valence-electron chi connectivity index (χ1n) is 8.01. The molecular formula is C20H17F3. The molecule has 0 aromatic heterocycles. The van der Waals surface area contributed by atoms with Gasteiger partial charge in [-0.05, 0) is 63.9 Å². The predicted octanol–water partition coefficient (Wildman–Crippen LogP) is 6.45. The van der Waals surface area contributed by atoms with Gasteiger partial charge in [0.1, 0.15) is 0 Å². The lowest BCUT2D eigenvalue weighted by atomic mass is 9.80. The third-order valence-corrected chi connectivity index (χ3v) is 5.07. The van der Waals surface area contributed by atoms with Crippen molar-refractivity contribution in [2.75, 3.05) is 0 Å². The molecule has 0 bridgehead atoms. The summed E-state index contributed by atoms with van der Waals surface area (Å²) < 4.78 is 39.8. The zero-order valence-electron chi connectivity index (χ0n) is 12.9. The summed E-state index contributed by atoms with van der Waals surface area (Å²) in [5.41, 5.74) is 2.12. The van der Waals surface area contributed by atoms with E-state index in [-0.39, 0.29) is 5.39 Å². The molecular weight excluding hydrogens is 297 g/mol. The van der Waals surface area contributed by atoms with Crippen molar-refractivity contribution in [2.45, 2.75) is 38.3 Å². The first-order valence-corrected chi connectivity index (χ1v) is 8.01. The van der Waals surface area contributed by atoms with Crippen LogP contribution in [-0.2, 0) is 12.6 Å². The van der Waals surface area contributed by atoms with Gasteiger partial charge in [-0.25, -0.2) is 0 Å². The third-order valence-electron chi connectivity index (χ3n) is 5.07. The van der Waals surface area contributed by atoms with Crippen LogP contribution in [0.2, 0.25) is 0 Å². The van der Waals surface area contributed by atoms with E-state index in [4.69, 9.17) is 0 Å². The number of aryl methyl sites for hydroxylation is 1. The normalized spacial score (nSPS) is 18.3. The van der Waals surface area contributed by atoms with Crippen molar-refractivity contribution in [2.24, 2.45) is 0 Å². The van der Waals surface area contributed by atoms with Gasteiger partial charge >= 0.3 is 6.18 Å². The maximum absolute atomic E-state index is 13.3. The van der Waals surface area contributed by atoms with E-state index in [0.717, 1.165) is 29.7 Å². The second-order valence-corrected chi connectivity index (χ2v) is 6.49. The number of rotatable bonds is 0. The monoisotopic (exact) mass is 314 g/mol. The third kappa shape index (κ3) is 2.21. The molecule has 0 nitrogen and oxygen atoms in total. The molecule has 118 valence electrons. The molecule has 0 spiro atoms. The Balaban J connectivity index is 2.10. The summed E-state index contributed by atoms with van der Waals surface area (Å²) in [5.74, 6) is 0.464. The minimum absolute atomic E-state index is 0.288. The Hall–Kier alpha value is -2.03. The van der Waals surface area contributed by atoms with Gasteiger partial charge in [0.2, 0.25) is 0 Å². The first-order chi connectivity index (χ1) is 11.0. The SMILES string of the molecule is CC1CCCc2ccc3c(ccc4c(C(F)(F)F)cccc43)c21. The standard InChI is InChI=1S/C20H17F3/c1-12-4-2-5-13-8-9-15-14-6-3-7-18(20(21,22)23)16(14)10-11-17(15)19(12)13/h3,6-12H,2,4-5H2,1H3. The van der Waals surface area contributed by atoms with Crippen LogP contribution in [0, 0.1) is 0 Å².